The first-order chi connectivity index (χ1) is 3.83. The van der Waals surface area contributed by atoms with Crippen molar-refractivity contribution in [3.05, 3.63) is 16.6 Å². The third-order valence-electron chi connectivity index (χ3n) is 0.819. The standard InChI is InChI=1S/C5H6NOS/c1-4-2-5(3-7)8-6-4/h2H,3H2,1H3. The fraction of sp³-hybridized carbons (Fsp3) is 0.400. The summed E-state index contributed by atoms with van der Waals surface area (Å²) in [4.78, 5) is 0.822. The van der Waals surface area contributed by atoms with Crippen LogP contribution in [-0.2, 0) is 11.7 Å². The van der Waals surface area contributed by atoms with Crippen molar-refractivity contribution in [2.24, 2.45) is 0 Å². The Kier molecular flexibility index (Phi) is 1.60. The van der Waals surface area contributed by atoms with Gasteiger partial charge in [-0.05, 0) is 24.5 Å². The molecule has 0 fully saturated rings. The van der Waals surface area contributed by atoms with Crippen molar-refractivity contribution in [2.45, 2.75) is 13.5 Å². The Morgan fingerprint density at radius 2 is 2.62 bits per heavy atom. The van der Waals surface area contributed by atoms with Gasteiger partial charge in [0, 0.05) is 0 Å². The molecule has 8 heavy (non-hydrogen) atoms. The molecule has 0 aliphatic heterocycles. The van der Waals surface area contributed by atoms with Crippen LogP contribution in [0.2, 0.25) is 0 Å². The van der Waals surface area contributed by atoms with Gasteiger partial charge in [0.2, 0.25) is 0 Å². The fourth-order valence-corrected chi connectivity index (χ4v) is 1.07. The largest absolute Gasteiger partial charge is 0.231 e. The van der Waals surface area contributed by atoms with Gasteiger partial charge in [0.25, 0.3) is 0 Å². The van der Waals surface area contributed by atoms with E-state index in [0.717, 1.165) is 10.6 Å². The van der Waals surface area contributed by atoms with E-state index in [9.17, 15) is 5.11 Å². The van der Waals surface area contributed by atoms with E-state index in [1.165, 1.54) is 11.5 Å². The first-order valence-corrected chi connectivity index (χ1v) is 3.10. The van der Waals surface area contributed by atoms with Crippen LogP contribution < -0.4 is 0 Å². The molecule has 1 aromatic heterocycles. The summed E-state index contributed by atoms with van der Waals surface area (Å²) in [5.41, 5.74) is 0.945. The van der Waals surface area contributed by atoms with Crippen molar-refractivity contribution in [1.29, 1.82) is 0 Å². The average molecular weight is 128 g/mol. The normalized spacial score (nSPS) is 9.75. The second-order valence-electron chi connectivity index (χ2n) is 1.58. The van der Waals surface area contributed by atoms with Gasteiger partial charge in [0.1, 0.15) is 6.61 Å². The van der Waals surface area contributed by atoms with Crippen molar-refractivity contribution in [2.75, 3.05) is 0 Å². The van der Waals surface area contributed by atoms with Crippen LogP contribution in [0.1, 0.15) is 10.6 Å². The van der Waals surface area contributed by atoms with Gasteiger partial charge in [-0.15, -0.1) is 0 Å². The lowest BCUT2D eigenvalue weighted by molar-refractivity contribution is 0.180. The van der Waals surface area contributed by atoms with Gasteiger partial charge in [0.05, 0.1) is 10.6 Å². The van der Waals surface area contributed by atoms with Crippen LogP contribution in [-0.4, -0.2) is 4.37 Å². The molecule has 0 N–H and O–H groups in total. The topological polar surface area (TPSA) is 32.8 Å². The molecule has 0 saturated carbocycles. The molecule has 43 valence electrons. The fourth-order valence-electron chi connectivity index (χ4n) is 0.484. The highest BCUT2D eigenvalue weighted by Crippen LogP contribution is 2.07. The lowest BCUT2D eigenvalue weighted by Gasteiger charge is -1.74. The number of nitrogens with zero attached hydrogens (tertiary/aromatic N) is 1. The second kappa shape index (κ2) is 2.24. The Morgan fingerprint density at radius 3 is 2.88 bits per heavy atom. The second-order valence-corrected chi connectivity index (χ2v) is 2.47. The first kappa shape index (κ1) is 5.72. The van der Waals surface area contributed by atoms with Crippen molar-refractivity contribution >= 4 is 11.5 Å². The molecular formula is C5H6NOS. The summed E-state index contributed by atoms with van der Waals surface area (Å²) in [5.74, 6) is 0. The molecule has 1 heterocycles. The zero-order valence-corrected chi connectivity index (χ0v) is 5.36. The lowest BCUT2D eigenvalue weighted by Crippen LogP contribution is -1.68. The first-order valence-electron chi connectivity index (χ1n) is 2.33. The van der Waals surface area contributed by atoms with Crippen LogP contribution in [0.15, 0.2) is 6.07 Å². The quantitative estimate of drug-likeness (QED) is 0.562. The minimum Gasteiger partial charge on any atom is -0.231 e. The molecule has 0 aromatic carbocycles. The Balaban J connectivity index is 2.84. The van der Waals surface area contributed by atoms with Gasteiger partial charge in [-0.1, -0.05) is 0 Å². The van der Waals surface area contributed by atoms with Gasteiger partial charge in [-0.2, -0.15) is 4.37 Å². The van der Waals surface area contributed by atoms with Crippen molar-refractivity contribution in [3.63, 3.8) is 0 Å². The van der Waals surface area contributed by atoms with Gasteiger partial charge in [-0.3, -0.25) is 0 Å². The van der Waals surface area contributed by atoms with Crippen LogP contribution >= 0.6 is 11.5 Å². The molecule has 0 saturated heterocycles. The molecule has 3 heteroatoms. The minimum absolute atomic E-state index is 0.133. The maximum Gasteiger partial charge on any atom is 0.118 e. The van der Waals surface area contributed by atoms with Gasteiger partial charge < -0.3 is 0 Å². The minimum atomic E-state index is -0.133. The van der Waals surface area contributed by atoms with Crippen LogP contribution in [0.3, 0.4) is 0 Å². The zero-order valence-electron chi connectivity index (χ0n) is 4.55. The average Bonchev–Trinajstić information content (AvgIpc) is 2.14. The van der Waals surface area contributed by atoms with Crippen molar-refractivity contribution in [1.82, 2.24) is 4.37 Å². The van der Waals surface area contributed by atoms with E-state index in [1.54, 1.807) is 0 Å². The molecule has 2 nitrogen and oxygen atoms in total. The molecule has 0 atom stereocenters. The molecule has 0 aliphatic carbocycles. The molecule has 0 spiro atoms. The highest BCUT2D eigenvalue weighted by Gasteiger charge is 1.93. The summed E-state index contributed by atoms with van der Waals surface area (Å²) < 4.78 is 3.93. The summed E-state index contributed by atoms with van der Waals surface area (Å²) in [5, 5.41) is 10.1. The molecule has 1 radical (unpaired) electrons. The third kappa shape index (κ3) is 1.05. The number of hydrogen-bond acceptors (Lipinski definition) is 2. The van der Waals surface area contributed by atoms with Crippen molar-refractivity contribution < 1.29 is 5.11 Å². The Morgan fingerprint density at radius 1 is 1.88 bits per heavy atom. The molecular weight excluding hydrogens is 122 g/mol. The Bertz CT molecular complexity index is 173. The number of rotatable bonds is 1. The Hall–Kier alpha value is -0.410. The maximum absolute atomic E-state index is 10.1. The predicted octanol–water partition coefficient (Wildman–Crippen LogP) is 1.38. The molecule has 0 aliphatic rings. The van der Waals surface area contributed by atoms with E-state index in [1.807, 2.05) is 13.0 Å². The highest BCUT2D eigenvalue weighted by molar-refractivity contribution is 7.05. The van der Waals surface area contributed by atoms with Crippen LogP contribution in [0, 0.1) is 6.92 Å². The maximum atomic E-state index is 10.1. The van der Waals surface area contributed by atoms with E-state index in [0.29, 0.717) is 0 Å². The van der Waals surface area contributed by atoms with Gasteiger partial charge in [-0.25, -0.2) is 5.11 Å². The Labute approximate surface area is 52.0 Å². The summed E-state index contributed by atoms with van der Waals surface area (Å²) >= 11 is 1.29. The summed E-state index contributed by atoms with van der Waals surface area (Å²) in [6.07, 6.45) is 0. The molecule has 1 rings (SSSR count). The SMILES string of the molecule is Cc1cc(C[O])sn1. The van der Waals surface area contributed by atoms with Crippen LogP contribution in [0.4, 0.5) is 0 Å². The lowest BCUT2D eigenvalue weighted by atomic mass is 10.4. The van der Waals surface area contributed by atoms with Gasteiger partial charge in [0.15, 0.2) is 0 Å². The third-order valence-corrected chi connectivity index (χ3v) is 1.67. The smallest absolute Gasteiger partial charge is 0.118 e. The van der Waals surface area contributed by atoms with E-state index in [-0.39, 0.29) is 6.61 Å². The van der Waals surface area contributed by atoms with Crippen molar-refractivity contribution in [3.8, 4) is 0 Å². The molecule has 0 unspecified atom stereocenters. The highest BCUT2D eigenvalue weighted by atomic mass is 32.1. The zero-order chi connectivity index (χ0) is 5.98. The number of aryl methyl sites for hydroxylation is 1. The summed E-state index contributed by atoms with van der Waals surface area (Å²) in [6, 6.07) is 1.82. The monoisotopic (exact) mass is 128 g/mol. The van der Waals surface area contributed by atoms with E-state index in [2.05, 4.69) is 4.37 Å². The van der Waals surface area contributed by atoms with E-state index in [4.69, 9.17) is 0 Å². The number of hydrogen-bond donors (Lipinski definition) is 0. The molecule has 1 aromatic rings. The summed E-state index contributed by atoms with van der Waals surface area (Å²) in [6.45, 7) is 1.75. The predicted molar refractivity (Wildman–Crippen MR) is 31.2 cm³/mol. The van der Waals surface area contributed by atoms with E-state index >= 15 is 0 Å². The summed E-state index contributed by atoms with van der Waals surface area (Å²) in [7, 11) is 0. The van der Waals surface area contributed by atoms with E-state index < -0.39 is 0 Å². The molecule has 0 amide bonds. The van der Waals surface area contributed by atoms with Gasteiger partial charge >= 0.3 is 0 Å². The molecule has 0 bridgehead atoms. The van der Waals surface area contributed by atoms with Crippen LogP contribution in [0.5, 0.6) is 0 Å². The number of aromatic nitrogens is 1. The van der Waals surface area contributed by atoms with Crippen LogP contribution in [0.25, 0.3) is 0 Å².